The highest BCUT2D eigenvalue weighted by Gasteiger charge is 2.32. The molecule has 0 radical (unpaired) electrons. The Kier molecular flexibility index (Phi) is 4.36. The van der Waals surface area contributed by atoms with Gasteiger partial charge in [0.15, 0.2) is 0 Å². The van der Waals surface area contributed by atoms with Crippen LogP contribution in [0.3, 0.4) is 0 Å². The Morgan fingerprint density at radius 1 is 1.50 bits per heavy atom. The van der Waals surface area contributed by atoms with E-state index in [1.807, 2.05) is 6.92 Å². The molecule has 0 bridgehead atoms. The first kappa shape index (κ1) is 13.5. The molecule has 3 nitrogen and oxygen atoms in total. The van der Waals surface area contributed by atoms with Crippen molar-refractivity contribution < 1.29 is 4.79 Å². The molecule has 0 spiro atoms. The Morgan fingerprint density at radius 3 is 2.62 bits per heavy atom. The zero-order valence-corrected chi connectivity index (χ0v) is 11.0. The number of nitrogens with one attached hydrogen (secondary N) is 1. The summed E-state index contributed by atoms with van der Waals surface area (Å²) in [5.41, 5.74) is 5.62. The average Bonchev–Trinajstić information content (AvgIpc) is 1.95. The zero-order valence-electron chi connectivity index (χ0n) is 11.0. The van der Waals surface area contributed by atoms with Gasteiger partial charge in [0.2, 0.25) is 5.91 Å². The normalized spacial score (nSPS) is 31.0. The summed E-state index contributed by atoms with van der Waals surface area (Å²) in [6.45, 7) is 9.01. The molecule has 3 atom stereocenters. The van der Waals surface area contributed by atoms with Crippen molar-refractivity contribution in [2.75, 3.05) is 0 Å². The Labute approximate surface area is 99.2 Å². The van der Waals surface area contributed by atoms with Gasteiger partial charge in [-0.1, -0.05) is 20.8 Å². The first-order chi connectivity index (χ1) is 7.28. The molecule has 0 heterocycles. The van der Waals surface area contributed by atoms with E-state index in [1.165, 1.54) is 19.3 Å². The van der Waals surface area contributed by atoms with Crippen LogP contribution in [-0.4, -0.2) is 18.0 Å². The highest BCUT2D eigenvalue weighted by Crippen LogP contribution is 2.38. The highest BCUT2D eigenvalue weighted by molar-refractivity contribution is 5.74. The molecule has 0 aromatic heterocycles. The fourth-order valence-corrected chi connectivity index (χ4v) is 3.24. The number of nitrogens with two attached hydrogens (primary N) is 1. The van der Waals surface area contributed by atoms with Gasteiger partial charge in [-0.15, -0.1) is 0 Å². The molecule has 16 heavy (non-hydrogen) atoms. The van der Waals surface area contributed by atoms with Crippen molar-refractivity contribution >= 4 is 5.91 Å². The average molecular weight is 226 g/mol. The van der Waals surface area contributed by atoms with Gasteiger partial charge in [-0.05, 0) is 37.5 Å². The predicted molar refractivity (Wildman–Crippen MR) is 67.0 cm³/mol. The van der Waals surface area contributed by atoms with Crippen LogP contribution in [0.4, 0.5) is 0 Å². The highest BCUT2D eigenvalue weighted by atomic mass is 16.1. The maximum Gasteiger partial charge on any atom is 0.218 e. The quantitative estimate of drug-likeness (QED) is 0.771. The summed E-state index contributed by atoms with van der Waals surface area (Å²) in [4.78, 5) is 10.8. The van der Waals surface area contributed by atoms with E-state index in [-0.39, 0.29) is 11.9 Å². The molecule has 3 unspecified atom stereocenters. The summed E-state index contributed by atoms with van der Waals surface area (Å²) < 4.78 is 0. The molecule has 0 aromatic rings. The topological polar surface area (TPSA) is 55.1 Å². The largest absolute Gasteiger partial charge is 0.370 e. The Hall–Kier alpha value is -0.570. The van der Waals surface area contributed by atoms with Crippen LogP contribution in [0, 0.1) is 11.3 Å². The van der Waals surface area contributed by atoms with Gasteiger partial charge in [0, 0.05) is 18.5 Å². The summed E-state index contributed by atoms with van der Waals surface area (Å²) in [6, 6.07) is 0.733. The van der Waals surface area contributed by atoms with E-state index in [9.17, 15) is 4.79 Å². The van der Waals surface area contributed by atoms with Gasteiger partial charge in [-0.3, -0.25) is 4.79 Å². The minimum atomic E-state index is -0.219. The molecule has 94 valence electrons. The van der Waals surface area contributed by atoms with Gasteiger partial charge in [0.25, 0.3) is 0 Å². The van der Waals surface area contributed by atoms with Crippen LogP contribution in [0.5, 0.6) is 0 Å². The summed E-state index contributed by atoms with van der Waals surface area (Å²) in [6.07, 6.45) is 4.15. The van der Waals surface area contributed by atoms with E-state index in [2.05, 4.69) is 26.1 Å². The second-order valence-electron chi connectivity index (χ2n) is 6.35. The van der Waals surface area contributed by atoms with E-state index in [0.29, 0.717) is 17.9 Å². The number of carbonyl (C=O) groups is 1. The van der Waals surface area contributed by atoms with Gasteiger partial charge >= 0.3 is 0 Å². The smallest absolute Gasteiger partial charge is 0.218 e. The van der Waals surface area contributed by atoms with Gasteiger partial charge in [-0.2, -0.15) is 0 Å². The SMILES string of the molecule is CC1CC(NC(C)CC(N)=O)CC(C)(C)C1. The van der Waals surface area contributed by atoms with Crippen LogP contribution in [-0.2, 0) is 4.79 Å². The molecule has 3 heteroatoms. The van der Waals surface area contributed by atoms with Crippen molar-refractivity contribution in [3.63, 3.8) is 0 Å². The van der Waals surface area contributed by atoms with E-state index >= 15 is 0 Å². The van der Waals surface area contributed by atoms with Crippen molar-refractivity contribution in [3.05, 3.63) is 0 Å². The number of carbonyl (C=O) groups excluding carboxylic acids is 1. The van der Waals surface area contributed by atoms with Crippen LogP contribution in [0.25, 0.3) is 0 Å². The Morgan fingerprint density at radius 2 is 2.12 bits per heavy atom. The molecule has 3 N–H and O–H groups in total. The maximum absolute atomic E-state index is 10.8. The monoisotopic (exact) mass is 226 g/mol. The van der Waals surface area contributed by atoms with E-state index in [1.54, 1.807) is 0 Å². The number of rotatable bonds is 4. The molecule has 1 aliphatic carbocycles. The van der Waals surface area contributed by atoms with Crippen molar-refractivity contribution in [3.8, 4) is 0 Å². The molecule has 1 saturated carbocycles. The minimum Gasteiger partial charge on any atom is -0.370 e. The van der Waals surface area contributed by atoms with E-state index in [0.717, 1.165) is 5.92 Å². The summed E-state index contributed by atoms with van der Waals surface area (Å²) in [7, 11) is 0. The minimum absolute atomic E-state index is 0.198. The van der Waals surface area contributed by atoms with Crippen LogP contribution in [0.15, 0.2) is 0 Å². The Bertz CT molecular complexity index is 250. The summed E-state index contributed by atoms with van der Waals surface area (Å²) >= 11 is 0. The van der Waals surface area contributed by atoms with Crippen LogP contribution in [0.2, 0.25) is 0 Å². The number of primary amides is 1. The third-order valence-corrected chi connectivity index (χ3v) is 3.41. The van der Waals surface area contributed by atoms with Gasteiger partial charge in [-0.25, -0.2) is 0 Å². The number of hydrogen-bond acceptors (Lipinski definition) is 2. The first-order valence-electron chi connectivity index (χ1n) is 6.33. The zero-order chi connectivity index (χ0) is 12.3. The van der Waals surface area contributed by atoms with Gasteiger partial charge in [0.05, 0.1) is 0 Å². The lowest BCUT2D eigenvalue weighted by Gasteiger charge is -2.40. The second-order valence-corrected chi connectivity index (χ2v) is 6.35. The molecule has 0 saturated heterocycles. The second kappa shape index (κ2) is 5.17. The van der Waals surface area contributed by atoms with E-state index < -0.39 is 0 Å². The molecule has 0 aromatic carbocycles. The molecule has 0 aliphatic heterocycles. The third-order valence-electron chi connectivity index (χ3n) is 3.41. The third kappa shape index (κ3) is 4.52. The van der Waals surface area contributed by atoms with Gasteiger partial charge in [0.1, 0.15) is 0 Å². The predicted octanol–water partition coefficient (Wildman–Crippen LogP) is 2.05. The molecular weight excluding hydrogens is 200 g/mol. The molecule has 1 fully saturated rings. The van der Waals surface area contributed by atoms with Crippen molar-refractivity contribution in [2.24, 2.45) is 17.1 Å². The van der Waals surface area contributed by atoms with Crippen molar-refractivity contribution in [2.45, 2.75) is 65.5 Å². The lowest BCUT2D eigenvalue weighted by molar-refractivity contribution is -0.118. The van der Waals surface area contributed by atoms with Gasteiger partial charge < -0.3 is 11.1 Å². The Balaban J connectivity index is 2.44. The molecule has 1 rings (SSSR count). The molecule has 1 amide bonds. The van der Waals surface area contributed by atoms with Crippen LogP contribution in [0.1, 0.15) is 53.4 Å². The number of amides is 1. The maximum atomic E-state index is 10.8. The molecule has 1 aliphatic rings. The fourth-order valence-electron chi connectivity index (χ4n) is 3.24. The lowest BCUT2D eigenvalue weighted by Crippen LogP contribution is -2.45. The van der Waals surface area contributed by atoms with Crippen molar-refractivity contribution in [1.29, 1.82) is 0 Å². The summed E-state index contributed by atoms with van der Waals surface area (Å²) in [5.74, 6) is 0.546. The summed E-state index contributed by atoms with van der Waals surface area (Å²) in [5, 5.41) is 3.54. The lowest BCUT2D eigenvalue weighted by atomic mass is 9.70. The fraction of sp³-hybridized carbons (Fsp3) is 0.923. The van der Waals surface area contributed by atoms with Crippen LogP contribution < -0.4 is 11.1 Å². The van der Waals surface area contributed by atoms with Crippen LogP contribution >= 0.6 is 0 Å². The van der Waals surface area contributed by atoms with Crippen molar-refractivity contribution in [1.82, 2.24) is 5.32 Å². The van der Waals surface area contributed by atoms with E-state index in [4.69, 9.17) is 5.73 Å². The molecular formula is C13H26N2O. The standard InChI is InChI=1S/C13H26N2O/c1-9-5-11(8-13(3,4)7-9)15-10(2)6-12(14)16/h9-11,15H,5-8H2,1-4H3,(H2,14,16). The number of hydrogen-bond donors (Lipinski definition) is 2. The first-order valence-corrected chi connectivity index (χ1v) is 6.33.